The van der Waals surface area contributed by atoms with E-state index in [0.717, 1.165) is 0 Å². The fourth-order valence-corrected chi connectivity index (χ4v) is 1.94. The number of carbonyl (C=O) groups excluding carboxylic acids is 2. The van der Waals surface area contributed by atoms with Crippen molar-refractivity contribution >= 4 is 17.8 Å². The number of nitrogens with one attached hydrogen (secondary N) is 2. The van der Waals surface area contributed by atoms with Crippen molar-refractivity contribution in [2.75, 3.05) is 6.54 Å². The Labute approximate surface area is 140 Å². The Hall–Kier alpha value is -1.75. The van der Waals surface area contributed by atoms with Gasteiger partial charge in [-0.1, -0.05) is 6.42 Å². The zero-order valence-electron chi connectivity index (χ0n) is 13.9. The molecule has 0 fully saturated rings. The number of aliphatic hydroxyl groups excluding tert-OH is 2. The molecule has 0 saturated heterocycles. The van der Waals surface area contributed by atoms with Gasteiger partial charge in [0.25, 0.3) is 0 Å². The SMILES string of the molecule is C[C@@H](O)[C@H](NC(=O)[C@@H](NC(=O)[C@@H](N)CCCCN)[C@@H](C)O)C(=O)O. The van der Waals surface area contributed by atoms with Gasteiger partial charge in [-0.25, -0.2) is 4.79 Å². The molecule has 10 nitrogen and oxygen atoms in total. The second-order valence-corrected chi connectivity index (χ2v) is 5.68. The minimum absolute atomic E-state index is 0.364. The summed E-state index contributed by atoms with van der Waals surface area (Å²) in [6.07, 6.45) is -0.929. The molecule has 0 aromatic heterocycles. The second-order valence-electron chi connectivity index (χ2n) is 5.68. The van der Waals surface area contributed by atoms with Crippen molar-refractivity contribution in [2.45, 2.75) is 63.4 Å². The molecule has 10 heteroatoms. The van der Waals surface area contributed by atoms with Gasteiger partial charge in [0, 0.05) is 0 Å². The first-order chi connectivity index (χ1) is 11.1. The molecular formula is C14H28N4O6. The molecule has 24 heavy (non-hydrogen) atoms. The molecule has 2 amide bonds. The molecule has 0 aliphatic heterocycles. The van der Waals surface area contributed by atoms with E-state index in [1.54, 1.807) is 0 Å². The number of hydrogen-bond donors (Lipinski definition) is 7. The normalized spacial score (nSPS) is 17.2. The van der Waals surface area contributed by atoms with Gasteiger partial charge in [0.2, 0.25) is 11.8 Å². The van der Waals surface area contributed by atoms with Crippen molar-refractivity contribution in [2.24, 2.45) is 11.5 Å². The van der Waals surface area contributed by atoms with E-state index in [1.165, 1.54) is 13.8 Å². The summed E-state index contributed by atoms with van der Waals surface area (Å²) in [5.74, 6) is -3.01. The van der Waals surface area contributed by atoms with Crippen LogP contribution in [-0.4, -0.2) is 70.0 Å². The topological polar surface area (TPSA) is 188 Å². The van der Waals surface area contributed by atoms with Crippen LogP contribution in [0.25, 0.3) is 0 Å². The number of unbranched alkanes of at least 4 members (excludes halogenated alkanes) is 1. The standard InChI is InChI=1S/C14H28N4O6/c1-7(19)10(13(22)18-11(8(2)20)14(23)24)17-12(21)9(16)5-3-4-6-15/h7-11,19-20H,3-6,15-16H2,1-2H3,(H,17,21)(H,18,22)(H,23,24)/t7-,8-,9+,10+,11+/m1/s1. The van der Waals surface area contributed by atoms with Crippen LogP contribution in [0.15, 0.2) is 0 Å². The van der Waals surface area contributed by atoms with Gasteiger partial charge < -0.3 is 37.4 Å². The fourth-order valence-electron chi connectivity index (χ4n) is 1.94. The van der Waals surface area contributed by atoms with Gasteiger partial charge in [-0.3, -0.25) is 9.59 Å². The summed E-state index contributed by atoms with van der Waals surface area (Å²) in [5, 5.41) is 32.4. The number of carboxylic acid groups (broad SMARTS) is 1. The Morgan fingerprint density at radius 2 is 1.46 bits per heavy atom. The van der Waals surface area contributed by atoms with Gasteiger partial charge >= 0.3 is 5.97 Å². The van der Waals surface area contributed by atoms with E-state index in [0.29, 0.717) is 25.8 Å². The first kappa shape index (κ1) is 22.2. The smallest absolute Gasteiger partial charge is 0.328 e. The molecule has 0 aliphatic carbocycles. The summed E-state index contributed by atoms with van der Waals surface area (Å²) >= 11 is 0. The Balaban J connectivity index is 4.81. The van der Waals surface area contributed by atoms with Crippen LogP contribution in [0.2, 0.25) is 0 Å². The zero-order chi connectivity index (χ0) is 18.9. The van der Waals surface area contributed by atoms with Crippen LogP contribution in [0.3, 0.4) is 0 Å². The van der Waals surface area contributed by atoms with Crippen molar-refractivity contribution in [1.82, 2.24) is 10.6 Å². The largest absolute Gasteiger partial charge is 0.480 e. The summed E-state index contributed by atoms with van der Waals surface area (Å²) in [7, 11) is 0. The Bertz CT molecular complexity index is 429. The average molecular weight is 348 g/mol. The van der Waals surface area contributed by atoms with Crippen LogP contribution >= 0.6 is 0 Å². The monoisotopic (exact) mass is 348 g/mol. The summed E-state index contributed by atoms with van der Waals surface area (Å²) in [4.78, 5) is 35.1. The Kier molecular flexibility index (Phi) is 10.1. The van der Waals surface area contributed by atoms with Crippen LogP contribution < -0.4 is 22.1 Å². The molecule has 0 bridgehead atoms. The number of aliphatic hydroxyl groups is 2. The van der Waals surface area contributed by atoms with Crippen LogP contribution in [0, 0.1) is 0 Å². The highest BCUT2D eigenvalue weighted by atomic mass is 16.4. The van der Waals surface area contributed by atoms with Gasteiger partial charge in [-0.05, 0) is 33.2 Å². The first-order valence-electron chi connectivity index (χ1n) is 7.77. The molecule has 0 radical (unpaired) electrons. The maximum Gasteiger partial charge on any atom is 0.328 e. The molecule has 0 spiro atoms. The highest BCUT2D eigenvalue weighted by molar-refractivity contribution is 5.92. The number of rotatable bonds is 11. The Morgan fingerprint density at radius 1 is 0.958 bits per heavy atom. The van der Waals surface area contributed by atoms with Crippen molar-refractivity contribution in [1.29, 1.82) is 0 Å². The second kappa shape index (κ2) is 10.9. The summed E-state index contributed by atoms with van der Waals surface area (Å²) in [6.45, 7) is 2.94. The molecule has 0 saturated carbocycles. The average Bonchev–Trinajstić information content (AvgIpc) is 2.48. The molecule has 5 atom stereocenters. The quantitative estimate of drug-likeness (QED) is 0.196. The number of aliphatic carboxylic acids is 1. The molecule has 0 aromatic carbocycles. The predicted octanol–water partition coefficient (Wildman–Crippen LogP) is -2.74. The number of carbonyl (C=O) groups is 3. The molecule has 0 aliphatic rings. The van der Waals surface area contributed by atoms with Crippen LogP contribution in [0.4, 0.5) is 0 Å². The highest BCUT2D eigenvalue weighted by Gasteiger charge is 2.32. The summed E-state index contributed by atoms with van der Waals surface area (Å²) in [5.41, 5.74) is 11.1. The molecule has 9 N–H and O–H groups in total. The van der Waals surface area contributed by atoms with Crippen LogP contribution in [-0.2, 0) is 14.4 Å². The van der Waals surface area contributed by atoms with Crippen LogP contribution in [0.5, 0.6) is 0 Å². The van der Waals surface area contributed by atoms with E-state index in [-0.39, 0.29) is 0 Å². The molecule has 0 rings (SSSR count). The third-order valence-corrected chi connectivity index (χ3v) is 3.41. The number of hydrogen-bond acceptors (Lipinski definition) is 7. The van der Waals surface area contributed by atoms with E-state index in [1.807, 2.05) is 0 Å². The van der Waals surface area contributed by atoms with Gasteiger partial charge in [0.1, 0.15) is 6.04 Å². The minimum atomic E-state index is -1.56. The molecular weight excluding hydrogens is 320 g/mol. The summed E-state index contributed by atoms with van der Waals surface area (Å²) in [6, 6.07) is -3.83. The van der Waals surface area contributed by atoms with Gasteiger partial charge in [0.05, 0.1) is 18.2 Å². The maximum absolute atomic E-state index is 12.1. The molecule has 0 unspecified atom stereocenters. The van der Waals surface area contributed by atoms with E-state index >= 15 is 0 Å². The lowest BCUT2D eigenvalue weighted by Gasteiger charge is -2.25. The lowest BCUT2D eigenvalue weighted by molar-refractivity contribution is -0.145. The molecule has 0 heterocycles. The van der Waals surface area contributed by atoms with Crippen LogP contribution in [0.1, 0.15) is 33.1 Å². The van der Waals surface area contributed by atoms with Crippen molar-refractivity contribution in [3.63, 3.8) is 0 Å². The lowest BCUT2D eigenvalue weighted by atomic mass is 10.1. The molecule has 140 valence electrons. The number of carboxylic acids is 1. The Morgan fingerprint density at radius 3 is 1.88 bits per heavy atom. The summed E-state index contributed by atoms with van der Waals surface area (Å²) < 4.78 is 0. The number of amides is 2. The minimum Gasteiger partial charge on any atom is -0.480 e. The van der Waals surface area contributed by atoms with Crippen molar-refractivity contribution < 1.29 is 29.7 Å². The third kappa shape index (κ3) is 7.68. The zero-order valence-corrected chi connectivity index (χ0v) is 13.9. The first-order valence-corrected chi connectivity index (χ1v) is 7.77. The van der Waals surface area contributed by atoms with E-state index in [2.05, 4.69) is 10.6 Å². The highest BCUT2D eigenvalue weighted by Crippen LogP contribution is 2.02. The third-order valence-electron chi connectivity index (χ3n) is 3.41. The van der Waals surface area contributed by atoms with E-state index < -0.39 is 48.1 Å². The van der Waals surface area contributed by atoms with E-state index in [4.69, 9.17) is 16.6 Å². The predicted molar refractivity (Wildman–Crippen MR) is 85.7 cm³/mol. The van der Waals surface area contributed by atoms with Gasteiger partial charge in [-0.15, -0.1) is 0 Å². The van der Waals surface area contributed by atoms with E-state index in [9.17, 15) is 24.6 Å². The van der Waals surface area contributed by atoms with Gasteiger partial charge in [0.15, 0.2) is 6.04 Å². The molecule has 0 aromatic rings. The van der Waals surface area contributed by atoms with Crippen molar-refractivity contribution in [3.05, 3.63) is 0 Å². The van der Waals surface area contributed by atoms with Gasteiger partial charge in [-0.2, -0.15) is 0 Å². The maximum atomic E-state index is 12.1. The fraction of sp³-hybridized carbons (Fsp3) is 0.786. The number of nitrogens with two attached hydrogens (primary N) is 2. The lowest BCUT2D eigenvalue weighted by Crippen LogP contribution is -2.59. The van der Waals surface area contributed by atoms with Crippen molar-refractivity contribution in [3.8, 4) is 0 Å².